The number of nitrogens with one attached hydrogen (secondary N) is 1. The van der Waals surface area contributed by atoms with E-state index in [1.165, 1.54) is 12.8 Å². The Morgan fingerprint density at radius 3 is 2.71 bits per heavy atom. The minimum Gasteiger partial charge on any atom is -0.332 e. The zero-order valence-electron chi connectivity index (χ0n) is 14.6. The molecule has 3 rings (SSSR count). The topological polar surface area (TPSA) is 66.1 Å². The summed E-state index contributed by atoms with van der Waals surface area (Å²) in [7, 11) is 0. The fourth-order valence-electron chi connectivity index (χ4n) is 3.53. The van der Waals surface area contributed by atoms with Gasteiger partial charge in [-0.3, -0.25) is 9.59 Å². The van der Waals surface area contributed by atoms with Crippen LogP contribution in [-0.4, -0.2) is 26.8 Å². The molecule has 0 saturated heterocycles. The Bertz CT molecular complexity index is 802. The van der Waals surface area contributed by atoms with E-state index in [2.05, 4.69) is 9.97 Å². The number of rotatable bonds is 5. The highest BCUT2D eigenvalue weighted by molar-refractivity contribution is 7.18. The quantitative estimate of drug-likeness (QED) is 0.897. The summed E-state index contributed by atoms with van der Waals surface area (Å²) >= 11 is 1.55. The average Bonchev–Trinajstić information content (AvgIpc) is 3.14. The van der Waals surface area contributed by atoms with Crippen LogP contribution < -0.4 is 5.56 Å². The second-order valence-electron chi connectivity index (χ2n) is 6.69. The third kappa shape index (κ3) is 3.24. The first-order chi connectivity index (χ1) is 11.5. The summed E-state index contributed by atoms with van der Waals surface area (Å²) in [5.74, 6) is 0.774. The minimum atomic E-state index is -0.0915. The van der Waals surface area contributed by atoms with Crippen LogP contribution in [0.1, 0.15) is 61.7 Å². The summed E-state index contributed by atoms with van der Waals surface area (Å²) in [6, 6.07) is 0.289. The van der Waals surface area contributed by atoms with Gasteiger partial charge in [-0.1, -0.05) is 19.8 Å². The maximum absolute atomic E-state index is 12.6. The molecule has 2 heterocycles. The molecule has 0 spiro atoms. The van der Waals surface area contributed by atoms with Gasteiger partial charge in [-0.05, 0) is 38.7 Å². The SMILES string of the molecule is CCCC(=O)N(Cc1nc2sc(C)c(C)c2c(=O)[nH]1)C1CCCC1. The summed E-state index contributed by atoms with van der Waals surface area (Å²) in [5, 5.41) is 0.688. The van der Waals surface area contributed by atoms with Crippen molar-refractivity contribution in [3.05, 3.63) is 26.6 Å². The van der Waals surface area contributed by atoms with Gasteiger partial charge in [-0.25, -0.2) is 4.98 Å². The van der Waals surface area contributed by atoms with Crippen LogP contribution in [0, 0.1) is 13.8 Å². The molecular weight excluding hydrogens is 322 g/mol. The van der Waals surface area contributed by atoms with Gasteiger partial charge in [0.1, 0.15) is 10.7 Å². The monoisotopic (exact) mass is 347 g/mol. The van der Waals surface area contributed by atoms with Crippen molar-refractivity contribution in [2.24, 2.45) is 0 Å². The Morgan fingerprint density at radius 2 is 2.04 bits per heavy atom. The van der Waals surface area contributed by atoms with Crippen LogP contribution in [0.25, 0.3) is 10.2 Å². The van der Waals surface area contributed by atoms with Gasteiger partial charge < -0.3 is 9.88 Å². The van der Waals surface area contributed by atoms with Crippen LogP contribution in [0.15, 0.2) is 4.79 Å². The first kappa shape index (κ1) is 17.1. The average molecular weight is 347 g/mol. The lowest BCUT2D eigenvalue weighted by Crippen LogP contribution is -2.39. The van der Waals surface area contributed by atoms with Crippen LogP contribution in [0.2, 0.25) is 0 Å². The molecule has 24 heavy (non-hydrogen) atoms. The van der Waals surface area contributed by atoms with Gasteiger partial charge in [0.2, 0.25) is 5.91 Å². The Balaban J connectivity index is 1.93. The molecule has 0 bridgehead atoms. The van der Waals surface area contributed by atoms with Crippen molar-refractivity contribution in [3.63, 3.8) is 0 Å². The number of hydrogen-bond acceptors (Lipinski definition) is 4. The van der Waals surface area contributed by atoms with Gasteiger partial charge in [0.15, 0.2) is 0 Å². The molecule has 1 aliphatic carbocycles. The van der Waals surface area contributed by atoms with Crippen molar-refractivity contribution >= 4 is 27.5 Å². The van der Waals surface area contributed by atoms with Gasteiger partial charge in [0, 0.05) is 17.3 Å². The molecule has 0 unspecified atom stereocenters. The highest BCUT2D eigenvalue weighted by Gasteiger charge is 2.27. The van der Waals surface area contributed by atoms with Crippen LogP contribution >= 0.6 is 11.3 Å². The van der Waals surface area contributed by atoms with Gasteiger partial charge in [0.25, 0.3) is 5.56 Å². The number of aromatic amines is 1. The molecule has 1 aliphatic rings. The van der Waals surface area contributed by atoms with Gasteiger partial charge in [-0.15, -0.1) is 11.3 Å². The predicted molar refractivity (Wildman–Crippen MR) is 97.4 cm³/mol. The minimum absolute atomic E-state index is 0.0915. The third-order valence-corrected chi connectivity index (χ3v) is 6.06. The lowest BCUT2D eigenvalue weighted by atomic mass is 10.1. The Hall–Kier alpha value is -1.69. The van der Waals surface area contributed by atoms with Crippen LogP contribution in [0.4, 0.5) is 0 Å². The maximum Gasteiger partial charge on any atom is 0.259 e. The van der Waals surface area contributed by atoms with Crippen LogP contribution in [0.5, 0.6) is 0 Å². The van der Waals surface area contributed by atoms with Crippen LogP contribution in [0.3, 0.4) is 0 Å². The van der Waals surface area contributed by atoms with E-state index < -0.39 is 0 Å². The standard InChI is InChI=1S/C18H25N3O2S/c1-4-7-15(22)21(13-8-5-6-9-13)10-14-19-17(23)16-11(2)12(3)24-18(16)20-14/h13H,4-10H2,1-3H3,(H,19,20,23). The zero-order valence-corrected chi connectivity index (χ0v) is 15.5. The van der Waals surface area contributed by atoms with E-state index >= 15 is 0 Å². The van der Waals surface area contributed by atoms with Crippen molar-refractivity contribution in [3.8, 4) is 0 Å². The van der Waals surface area contributed by atoms with Crippen molar-refractivity contribution in [1.29, 1.82) is 0 Å². The zero-order chi connectivity index (χ0) is 17.3. The Morgan fingerprint density at radius 1 is 1.33 bits per heavy atom. The molecule has 2 aromatic rings. The summed E-state index contributed by atoms with van der Waals surface area (Å²) in [6.45, 7) is 6.40. The number of carbonyl (C=O) groups is 1. The highest BCUT2D eigenvalue weighted by atomic mass is 32.1. The first-order valence-electron chi connectivity index (χ1n) is 8.79. The molecule has 1 N–H and O–H groups in total. The summed E-state index contributed by atoms with van der Waals surface area (Å²) in [4.78, 5) is 36.4. The fourth-order valence-corrected chi connectivity index (χ4v) is 4.58. The van der Waals surface area contributed by atoms with E-state index in [-0.39, 0.29) is 17.5 Å². The van der Waals surface area contributed by atoms with E-state index in [9.17, 15) is 9.59 Å². The number of fused-ring (bicyclic) bond motifs is 1. The van der Waals surface area contributed by atoms with Gasteiger partial charge >= 0.3 is 0 Å². The number of thiophene rings is 1. The highest BCUT2D eigenvalue weighted by Crippen LogP contribution is 2.27. The van der Waals surface area contributed by atoms with Gasteiger partial charge in [-0.2, -0.15) is 0 Å². The number of carbonyl (C=O) groups excluding carboxylic acids is 1. The molecule has 130 valence electrons. The largest absolute Gasteiger partial charge is 0.332 e. The molecule has 0 aliphatic heterocycles. The fraction of sp³-hybridized carbons (Fsp3) is 0.611. The number of hydrogen-bond donors (Lipinski definition) is 1. The second-order valence-corrected chi connectivity index (χ2v) is 7.89. The van der Waals surface area contributed by atoms with E-state index in [0.717, 1.165) is 34.5 Å². The molecule has 0 aromatic carbocycles. The summed E-state index contributed by atoms with van der Waals surface area (Å²) in [5.41, 5.74) is 0.913. The molecule has 2 aromatic heterocycles. The maximum atomic E-state index is 12.6. The second kappa shape index (κ2) is 7.05. The smallest absolute Gasteiger partial charge is 0.259 e. The molecule has 0 atom stereocenters. The van der Waals surface area contributed by atoms with Crippen molar-refractivity contribution in [2.45, 2.75) is 71.9 Å². The molecule has 1 saturated carbocycles. The summed E-state index contributed by atoms with van der Waals surface area (Å²) in [6.07, 6.45) is 5.85. The number of amides is 1. The normalized spacial score (nSPS) is 15.3. The van der Waals surface area contributed by atoms with E-state index in [4.69, 9.17) is 0 Å². The Labute approximate surface area is 146 Å². The number of nitrogens with zero attached hydrogens (tertiary/aromatic N) is 2. The molecular formula is C18H25N3O2S. The molecule has 5 nitrogen and oxygen atoms in total. The third-order valence-electron chi connectivity index (χ3n) is 4.96. The van der Waals surface area contributed by atoms with E-state index in [1.807, 2.05) is 25.7 Å². The van der Waals surface area contributed by atoms with E-state index in [0.29, 0.717) is 24.2 Å². The van der Waals surface area contributed by atoms with Gasteiger partial charge in [0.05, 0.1) is 11.9 Å². The first-order valence-corrected chi connectivity index (χ1v) is 9.61. The molecule has 1 amide bonds. The van der Waals surface area contributed by atoms with Crippen molar-refractivity contribution in [1.82, 2.24) is 14.9 Å². The predicted octanol–water partition coefficient (Wildman–Crippen LogP) is 3.67. The summed E-state index contributed by atoms with van der Waals surface area (Å²) < 4.78 is 0. The number of aromatic nitrogens is 2. The number of aryl methyl sites for hydroxylation is 2. The molecule has 6 heteroatoms. The Kier molecular flexibility index (Phi) is 5.04. The van der Waals surface area contributed by atoms with Crippen molar-refractivity contribution < 1.29 is 4.79 Å². The lowest BCUT2D eigenvalue weighted by Gasteiger charge is -2.28. The molecule has 0 radical (unpaired) electrons. The number of H-pyrrole nitrogens is 1. The van der Waals surface area contributed by atoms with Crippen molar-refractivity contribution in [2.75, 3.05) is 0 Å². The molecule has 1 fully saturated rings. The van der Waals surface area contributed by atoms with Crippen LogP contribution in [-0.2, 0) is 11.3 Å². The van der Waals surface area contributed by atoms with E-state index in [1.54, 1.807) is 11.3 Å². The lowest BCUT2D eigenvalue weighted by molar-refractivity contribution is -0.134.